The number of rotatable bonds is 2. The van der Waals surface area contributed by atoms with Crippen LogP contribution in [0.15, 0.2) is 42.5 Å². The molecule has 30 heavy (non-hydrogen) atoms. The van der Waals surface area contributed by atoms with Gasteiger partial charge < -0.3 is 5.73 Å². The van der Waals surface area contributed by atoms with Gasteiger partial charge in [-0.25, -0.2) is 4.98 Å². The average molecular weight is 429 g/mol. The number of nitrogens with one attached hydrogen (secondary N) is 2. The van der Waals surface area contributed by atoms with Crippen molar-refractivity contribution in [1.82, 2.24) is 10.3 Å². The number of guanidine groups is 1. The molecule has 3 rings (SSSR count). The number of hydrogen-bond donors (Lipinski definition) is 4. The van der Waals surface area contributed by atoms with Crippen LogP contribution in [0.3, 0.4) is 0 Å². The summed E-state index contributed by atoms with van der Waals surface area (Å²) in [5.74, 6) is -0.787. The number of amides is 1. The van der Waals surface area contributed by atoms with Crippen molar-refractivity contribution in [3.8, 4) is 11.3 Å². The van der Waals surface area contributed by atoms with Gasteiger partial charge in [0.2, 0.25) is 0 Å². The number of carbonyl (C=O) groups excluding carboxylic acids is 1. The molecular weight excluding hydrogens is 404 g/mol. The number of carbonyl (C=O) groups is 1. The molecule has 1 heterocycles. The predicted octanol–water partition coefficient (Wildman–Crippen LogP) is 2.95. The van der Waals surface area contributed by atoms with E-state index in [9.17, 15) is 13.2 Å². The van der Waals surface area contributed by atoms with Crippen LogP contribution in [0.4, 0.5) is 0 Å². The zero-order valence-electron chi connectivity index (χ0n) is 17.1. The molecule has 5 N–H and O–H groups in total. The number of benzene rings is 2. The number of para-hydroxylation sites is 1. The summed E-state index contributed by atoms with van der Waals surface area (Å²) < 4.78 is 25.9. The van der Waals surface area contributed by atoms with Gasteiger partial charge in [0.25, 0.3) is 16.0 Å². The van der Waals surface area contributed by atoms with Crippen LogP contribution in [0.5, 0.6) is 0 Å². The van der Waals surface area contributed by atoms with Gasteiger partial charge in [0, 0.05) is 10.9 Å². The van der Waals surface area contributed by atoms with E-state index in [1.165, 1.54) is 5.56 Å². The van der Waals surface area contributed by atoms with Crippen molar-refractivity contribution in [2.24, 2.45) is 5.73 Å². The first-order valence-corrected chi connectivity index (χ1v) is 10.8. The molecule has 2 aromatic carbocycles. The molecule has 0 bridgehead atoms. The summed E-state index contributed by atoms with van der Waals surface area (Å²) in [4.78, 5) is 17.3. The van der Waals surface area contributed by atoms with Gasteiger partial charge in [0.05, 0.1) is 23.0 Å². The highest BCUT2D eigenvalue weighted by atomic mass is 32.2. The molecule has 8 nitrogen and oxygen atoms in total. The second-order valence-corrected chi connectivity index (χ2v) is 8.41. The van der Waals surface area contributed by atoms with E-state index in [0.29, 0.717) is 11.8 Å². The Morgan fingerprint density at radius 2 is 1.63 bits per heavy atom. The van der Waals surface area contributed by atoms with Crippen LogP contribution in [0.1, 0.15) is 27.0 Å². The highest BCUT2D eigenvalue weighted by Crippen LogP contribution is 2.30. The SMILES string of the molecule is CS(=O)(=O)O.Cc1cc(C)c(-c2cc(C(=O)NC(=N)N)c3ccccc3n2)c(C)c1. The Hall–Kier alpha value is -3.30. The summed E-state index contributed by atoms with van der Waals surface area (Å²) in [6.07, 6.45) is 0.715. The van der Waals surface area contributed by atoms with Crippen LogP contribution in [0.2, 0.25) is 0 Å². The third-order valence-corrected chi connectivity index (χ3v) is 4.14. The van der Waals surface area contributed by atoms with E-state index < -0.39 is 16.0 Å². The number of pyridine rings is 1. The molecule has 0 fully saturated rings. The predicted molar refractivity (Wildman–Crippen MR) is 118 cm³/mol. The fourth-order valence-electron chi connectivity index (χ4n) is 3.27. The van der Waals surface area contributed by atoms with Gasteiger partial charge in [-0.05, 0) is 44.0 Å². The summed E-state index contributed by atoms with van der Waals surface area (Å²) in [6.45, 7) is 6.15. The van der Waals surface area contributed by atoms with E-state index >= 15 is 0 Å². The van der Waals surface area contributed by atoms with Crippen molar-refractivity contribution < 1.29 is 17.8 Å². The summed E-state index contributed by atoms with van der Waals surface area (Å²) in [5.41, 5.74) is 11.7. The Labute approximate surface area is 175 Å². The van der Waals surface area contributed by atoms with E-state index in [-0.39, 0.29) is 5.96 Å². The Bertz CT molecular complexity index is 1210. The zero-order valence-corrected chi connectivity index (χ0v) is 18.0. The first-order chi connectivity index (χ1) is 13.9. The lowest BCUT2D eigenvalue weighted by Crippen LogP contribution is -2.35. The molecule has 0 saturated carbocycles. The smallest absolute Gasteiger partial charge is 0.261 e. The number of aryl methyl sites for hydroxylation is 3. The maximum absolute atomic E-state index is 12.5. The summed E-state index contributed by atoms with van der Waals surface area (Å²) in [5, 5.41) is 10.4. The molecule has 0 radical (unpaired) electrons. The molecule has 3 aromatic rings. The molecule has 0 aliphatic heterocycles. The van der Waals surface area contributed by atoms with E-state index in [1.54, 1.807) is 6.07 Å². The molecule has 0 saturated heterocycles. The number of aromatic nitrogens is 1. The fourth-order valence-corrected chi connectivity index (χ4v) is 3.27. The van der Waals surface area contributed by atoms with E-state index in [0.717, 1.165) is 33.3 Å². The van der Waals surface area contributed by atoms with Crippen LogP contribution in [0, 0.1) is 26.2 Å². The largest absolute Gasteiger partial charge is 0.370 e. The molecule has 0 aliphatic rings. The van der Waals surface area contributed by atoms with E-state index in [4.69, 9.17) is 20.7 Å². The van der Waals surface area contributed by atoms with Gasteiger partial charge in [-0.2, -0.15) is 8.42 Å². The van der Waals surface area contributed by atoms with Crippen molar-refractivity contribution >= 4 is 32.9 Å². The van der Waals surface area contributed by atoms with Gasteiger partial charge in [0.15, 0.2) is 5.96 Å². The third kappa shape index (κ3) is 6.10. The van der Waals surface area contributed by atoms with Crippen molar-refractivity contribution in [3.63, 3.8) is 0 Å². The second kappa shape index (κ2) is 9.02. The minimum atomic E-state index is -3.67. The summed E-state index contributed by atoms with van der Waals surface area (Å²) >= 11 is 0. The van der Waals surface area contributed by atoms with Crippen LogP contribution in [-0.2, 0) is 10.1 Å². The number of fused-ring (bicyclic) bond motifs is 1. The monoisotopic (exact) mass is 428 g/mol. The first-order valence-electron chi connectivity index (χ1n) is 8.92. The molecular formula is C21H24N4O4S. The minimum Gasteiger partial charge on any atom is -0.370 e. The van der Waals surface area contributed by atoms with Crippen LogP contribution >= 0.6 is 0 Å². The summed E-state index contributed by atoms with van der Waals surface area (Å²) in [6, 6.07) is 13.4. The maximum atomic E-state index is 12.5. The maximum Gasteiger partial charge on any atom is 0.261 e. The molecule has 0 spiro atoms. The van der Waals surface area contributed by atoms with Gasteiger partial charge in [-0.15, -0.1) is 0 Å². The number of nitrogens with two attached hydrogens (primary N) is 1. The van der Waals surface area contributed by atoms with Gasteiger partial charge >= 0.3 is 0 Å². The molecule has 0 aliphatic carbocycles. The van der Waals surface area contributed by atoms with Crippen molar-refractivity contribution in [2.45, 2.75) is 20.8 Å². The Morgan fingerprint density at radius 3 is 2.17 bits per heavy atom. The lowest BCUT2D eigenvalue weighted by Gasteiger charge is -2.14. The first kappa shape index (κ1) is 23.0. The molecule has 158 valence electrons. The summed E-state index contributed by atoms with van der Waals surface area (Å²) in [7, 11) is -3.67. The third-order valence-electron chi connectivity index (χ3n) is 4.14. The molecule has 0 unspecified atom stereocenters. The molecule has 1 amide bonds. The standard InChI is InChI=1S/C20H20N4O.CH4O3S/c1-11-8-12(2)18(13(3)9-11)17-10-15(19(25)24-20(21)22)14-6-4-5-7-16(14)23-17;1-5(2,3)4/h4-10H,1-3H3,(H4,21,22,24,25);1H3,(H,2,3,4). The molecule has 0 atom stereocenters. The molecule has 9 heteroatoms. The zero-order chi connectivity index (χ0) is 22.6. The highest BCUT2D eigenvalue weighted by Gasteiger charge is 2.16. The molecule has 1 aromatic heterocycles. The van der Waals surface area contributed by atoms with Crippen molar-refractivity contribution in [1.29, 1.82) is 5.41 Å². The van der Waals surface area contributed by atoms with Gasteiger partial charge in [-0.3, -0.25) is 20.1 Å². The van der Waals surface area contributed by atoms with Crippen LogP contribution < -0.4 is 11.1 Å². The fraction of sp³-hybridized carbons (Fsp3) is 0.190. The Morgan fingerprint density at radius 1 is 1.10 bits per heavy atom. The number of hydrogen-bond acceptors (Lipinski definition) is 5. The topological polar surface area (TPSA) is 146 Å². The van der Waals surface area contributed by atoms with E-state index in [1.807, 2.05) is 38.1 Å². The quantitative estimate of drug-likeness (QED) is 0.280. The van der Waals surface area contributed by atoms with Crippen LogP contribution in [0.25, 0.3) is 22.2 Å². The van der Waals surface area contributed by atoms with Crippen molar-refractivity contribution in [2.75, 3.05) is 6.26 Å². The highest BCUT2D eigenvalue weighted by molar-refractivity contribution is 7.85. The van der Waals surface area contributed by atoms with Gasteiger partial charge in [0.1, 0.15) is 0 Å². The van der Waals surface area contributed by atoms with E-state index in [2.05, 4.69) is 24.4 Å². The lowest BCUT2D eigenvalue weighted by atomic mass is 9.95. The van der Waals surface area contributed by atoms with Crippen LogP contribution in [-0.4, -0.2) is 36.1 Å². The minimum absolute atomic E-state index is 0.379. The number of nitrogens with zero attached hydrogens (tertiary/aromatic N) is 1. The Balaban J connectivity index is 0.000000575. The normalized spacial score (nSPS) is 10.8. The second-order valence-electron chi connectivity index (χ2n) is 6.95. The lowest BCUT2D eigenvalue weighted by molar-refractivity contribution is 0.0978. The van der Waals surface area contributed by atoms with Gasteiger partial charge in [-0.1, -0.05) is 35.9 Å². The average Bonchev–Trinajstić information content (AvgIpc) is 2.58. The Kier molecular flexibility index (Phi) is 6.91. The van der Waals surface area contributed by atoms with Crippen molar-refractivity contribution in [3.05, 3.63) is 64.7 Å².